The number of aromatic amines is 1. The van der Waals surface area contributed by atoms with Gasteiger partial charge in [0.05, 0.1) is 23.0 Å². The quantitative estimate of drug-likeness (QED) is 0.549. The Morgan fingerprint density at radius 3 is 3.12 bits per heavy atom. The maximum Gasteiger partial charge on any atom is 0.166 e. The van der Waals surface area contributed by atoms with Gasteiger partial charge >= 0.3 is 0 Å². The van der Waals surface area contributed by atoms with Crippen molar-refractivity contribution in [2.75, 3.05) is 5.73 Å². The number of hydrogen-bond acceptors (Lipinski definition) is 4. The van der Waals surface area contributed by atoms with E-state index >= 15 is 0 Å². The number of imidazole rings is 1. The molecule has 2 aromatic heterocycles. The molecule has 5 heteroatoms. The molecule has 0 saturated heterocycles. The number of furan rings is 1. The Labute approximate surface area is 102 Å². The SMILES string of the molecule is Nc1ccc2nc(SCc3ccco3)[nH]c2c1. The Morgan fingerprint density at radius 1 is 1.35 bits per heavy atom. The second-order valence-corrected chi connectivity index (χ2v) is 4.65. The lowest BCUT2D eigenvalue weighted by Crippen LogP contribution is -1.82. The third-order valence-corrected chi connectivity index (χ3v) is 3.31. The van der Waals surface area contributed by atoms with Crippen molar-refractivity contribution in [3.05, 3.63) is 42.4 Å². The van der Waals surface area contributed by atoms with Crippen molar-refractivity contribution < 1.29 is 4.42 Å². The van der Waals surface area contributed by atoms with Crippen molar-refractivity contribution in [2.24, 2.45) is 0 Å². The zero-order chi connectivity index (χ0) is 11.7. The largest absolute Gasteiger partial charge is 0.468 e. The summed E-state index contributed by atoms with van der Waals surface area (Å²) in [6, 6.07) is 9.49. The van der Waals surface area contributed by atoms with Gasteiger partial charge in [0.15, 0.2) is 5.16 Å². The molecule has 0 aliphatic heterocycles. The van der Waals surface area contributed by atoms with Crippen LogP contribution in [0.5, 0.6) is 0 Å². The summed E-state index contributed by atoms with van der Waals surface area (Å²) in [5, 5.41) is 0.877. The lowest BCUT2D eigenvalue weighted by atomic mass is 10.3. The number of hydrogen-bond donors (Lipinski definition) is 2. The van der Waals surface area contributed by atoms with E-state index in [1.54, 1.807) is 18.0 Å². The molecular formula is C12H11N3OS. The maximum absolute atomic E-state index is 5.71. The Morgan fingerprint density at radius 2 is 2.29 bits per heavy atom. The molecule has 0 radical (unpaired) electrons. The number of nitrogens with one attached hydrogen (secondary N) is 1. The van der Waals surface area contributed by atoms with Gasteiger partial charge in [0, 0.05) is 5.69 Å². The molecule has 3 rings (SSSR count). The van der Waals surface area contributed by atoms with E-state index in [9.17, 15) is 0 Å². The van der Waals surface area contributed by atoms with Gasteiger partial charge in [0.25, 0.3) is 0 Å². The van der Waals surface area contributed by atoms with E-state index in [0.717, 1.165) is 33.4 Å². The number of nitrogens with zero attached hydrogens (tertiary/aromatic N) is 1. The smallest absolute Gasteiger partial charge is 0.166 e. The number of benzene rings is 1. The minimum atomic E-state index is 0.740. The van der Waals surface area contributed by atoms with E-state index in [1.165, 1.54) is 0 Å². The molecule has 17 heavy (non-hydrogen) atoms. The molecule has 0 aliphatic rings. The summed E-state index contributed by atoms with van der Waals surface area (Å²) >= 11 is 1.61. The second kappa shape index (κ2) is 4.18. The van der Waals surface area contributed by atoms with Crippen LogP contribution in [0.15, 0.2) is 46.2 Å². The van der Waals surface area contributed by atoms with Crippen LogP contribution in [-0.4, -0.2) is 9.97 Å². The second-order valence-electron chi connectivity index (χ2n) is 3.69. The molecule has 2 heterocycles. The van der Waals surface area contributed by atoms with Crippen LogP contribution in [-0.2, 0) is 5.75 Å². The summed E-state index contributed by atoms with van der Waals surface area (Å²) in [5.74, 6) is 1.71. The van der Waals surface area contributed by atoms with Gasteiger partial charge in [0.1, 0.15) is 5.76 Å². The van der Waals surface area contributed by atoms with E-state index < -0.39 is 0 Å². The molecule has 0 saturated carbocycles. The highest BCUT2D eigenvalue weighted by molar-refractivity contribution is 7.98. The van der Waals surface area contributed by atoms with Crippen molar-refractivity contribution in [3.8, 4) is 0 Å². The van der Waals surface area contributed by atoms with E-state index in [1.807, 2.05) is 30.3 Å². The van der Waals surface area contributed by atoms with Crippen molar-refractivity contribution in [2.45, 2.75) is 10.9 Å². The number of aromatic nitrogens is 2. The van der Waals surface area contributed by atoms with Crippen LogP contribution in [0.4, 0.5) is 5.69 Å². The first kappa shape index (κ1) is 10.3. The van der Waals surface area contributed by atoms with Crippen molar-refractivity contribution in [1.29, 1.82) is 0 Å². The lowest BCUT2D eigenvalue weighted by molar-refractivity contribution is 0.530. The molecule has 86 valence electrons. The van der Waals surface area contributed by atoms with Crippen molar-refractivity contribution >= 4 is 28.5 Å². The van der Waals surface area contributed by atoms with Crippen LogP contribution in [0.25, 0.3) is 11.0 Å². The van der Waals surface area contributed by atoms with Gasteiger partial charge in [-0.1, -0.05) is 11.8 Å². The maximum atomic E-state index is 5.71. The van der Waals surface area contributed by atoms with E-state index in [2.05, 4.69) is 9.97 Å². The first-order valence-corrected chi connectivity index (χ1v) is 6.20. The Hall–Kier alpha value is -1.88. The summed E-state index contributed by atoms with van der Waals surface area (Å²) in [7, 11) is 0. The molecular weight excluding hydrogens is 234 g/mol. The summed E-state index contributed by atoms with van der Waals surface area (Å²) in [6.45, 7) is 0. The molecule has 0 bridgehead atoms. The molecule has 3 N–H and O–H groups in total. The number of anilines is 1. The van der Waals surface area contributed by atoms with E-state index in [-0.39, 0.29) is 0 Å². The molecule has 0 amide bonds. The Kier molecular flexibility index (Phi) is 2.53. The summed E-state index contributed by atoms with van der Waals surface area (Å²) < 4.78 is 5.27. The predicted molar refractivity (Wildman–Crippen MR) is 68.8 cm³/mol. The molecule has 4 nitrogen and oxygen atoms in total. The Bertz CT molecular complexity index is 630. The summed E-state index contributed by atoms with van der Waals surface area (Å²) in [6.07, 6.45) is 1.68. The lowest BCUT2D eigenvalue weighted by Gasteiger charge is -1.92. The molecule has 0 atom stereocenters. The van der Waals surface area contributed by atoms with Gasteiger partial charge in [-0.15, -0.1) is 0 Å². The van der Waals surface area contributed by atoms with E-state index in [4.69, 9.17) is 10.2 Å². The fourth-order valence-corrected chi connectivity index (χ4v) is 2.39. The molecule has 3 aromatic rings. The zero-order valence-corrected chi connectivity index (χ0v) is 9.83. The number of H-pyrrole nitrogens is 1. The normalized spacial score (nSPS) is 11.1. The third-order valence-electron chi connectivity index (χ3n) is 2.42. The summed E-state index contributed by atoms with van der Waals surface area (Å²) in [5.41, 5.74) is 8.35. The number of fused-ring (bicyclic) bond motifs is 1. The van der Waals surface area contributed by atoms with Crippen LogP contribution in [0.1, 0.15) is 5.76 Å². The molecule has 0 spiro atoms. The van der Waals surface area contributed by atoms with Gasteiger partial charge in [-0.25, -0.2) is 4.98 Å². The average molecular weight is 245 g/mol. The fraction of sp³-hybridized carbons (Fsp3) is 0.0833. The highest BCUT2D eigenvalue weighted by atomic mass is 32.2. The van der Waals surface area contributed by atoms with Crippen LogP contribution in [0.3, 0.4) is 0 Å². The number of rotatable bonds is 3. The third kappa shape index (κ3) is 2.14. The summed E-state index contributed by atoms with van der Waals surface area (Å²) in [4.78, 5) is 7.69. The van der Waals surface area contributed by atoms with Gasteiger partial charge in [-0.2, -0.15) is 0 Å². The van der Waals surface area contributed by atoms with Crippen LogP contribution >= 0.6 is 11.8 Å². The number of thioether (sulfide) groups is 1. The van der Waals surface area contributed by atoms with Gasteiger partial charge < -0.3 is 15.1 Å². The van der Waals surface area contributed by atoms with Gasteiger partial charge in [-0.05, 0) is 30.3 Å². The Balaban J connectivity index is 1.81. The highest BCUT2D eigenvalue weighted by Crippen LogP contribution is 2.24. The van der Waals surface area contributed by atoms with Crippen molar-refractivity contribution in [3.63, 3.8) is 0 Å². The predicted octanol–water partition coefficient (Wildman–Crippen LogP) is 3.03. The van der Waals surface area contributed by atoms with Gasteiger partial charge in [0.2, 0.25) is 0 Å². The number of nitrogen functional groups attached to an aromatic ring is 1. The highest BCUT2D eigenvalue weighted by Gasteiger charge is 2.04. The molecule has 0 unspecified atom stereocenters. The fourth-order valence-electron chi connectivity index (χ4n) is 1.61. The van der Waals surface area contributed by atoms with E-state index in [0.29, 0.717) is 0 Å². The van der Waals surface area contributed by atoms with Gasteiger partial charge in [-0.3, -0.25) is 0 Å². The zero-order valence-electron chi connectivity index (χ0n) is 9.01. The van der Waals surface area contributed by atoms with Crippen LogP contribution in [0.2, 0.25) is 0 Å². The first-order valence-electron chi connectivity index (χ1n) is 5.22. The average Bonchev–Trinajstić information content (AvgIpc) is 2.94. The van der Waals surface area contributed by atoms with Crippen LogP contribution in [0, 0.1) is 0 Å². The molecule has 0 aliphatic carbocycles. The minimum Gasteiger partial charge on any atom is -0.468 e. The van der Waals surface area contributed by atoms with Crippen LogP contribution < -0.4 is 5.73 Å². The van der Waals surface area contributed by atoms with Crippen molar-refractivity contribution in [1.82, 2.24) is 9.97 Å². The molecule has 1 aromatic carbocycles. The minimum absolute atomic E-state index is 0.740. The molecule has 0 fully saturated rings. The standard InChI is InChI=1S/C12H11N3OS/c13-8-3-4-10-11(6-8)15-12(14-10)17-7-9-2-1-5-16-9/h1-6H,7,13H2,(H,14,15). The number of nitrogens with two attached hydrogens (primary N) is 1. The monoisotopic (exact) mass is 245 g/mol. The topological polar surface area (TPSA) is 67.8 Å². The first-order chi connectivity index (χ1) is 8.31.